The fourth-order valence-corrected chi connectivity index (χ4v) is 1.32. The fraction of sp³-hybridized carbons (Fsp3) is 0.417. The zero-order valence-corrected chi connectivity index (χ0v) is 8.75. The van der Waals surface area contributed by atoms with E-state index in [1.165, 1.54) is 11.1 Å². The van der Waals surface area contributed by atoms with Crippen molar-refractivity contribution in [3.63, 3.8) is 0 Å². The van der Waals surface area contributed by atoms with Crippen molar-refractivity contribution < 1.29 is 0 Å². The molecule has 1 rings (SSSR count). The molecular weight excluding hydrogens is 172 g/mol. The van der Waals surface area contributed by atoms with E-state index in [1.807, 2.05) is 19.1 Å². The third-order valence-electron chi connectivity index (χ3n) is 2.36. The van der Waals surface area contributed by atoms with Gasteiger partial charge in [0, 0.05) is 6.54 Å². The molecule has 0 radical (unpaired) electrons. The molecular formula is C12H16N2. The van der Waals surface area contributed by atoms with Crippen molar-refractivity contribution in [1.29, 1.82) is 5.26 Å². The van der Waals surface area contributed by atoms with Crippen LogP contribution in [0.2, 0.25) is 0 Å². The second-order valence-electron chi connectivity index (χ2n) is 3.40. The van der Waals surface area contributed by atoms with E-state index in [2.05, 4.69) is 30.4 Å². The van der Waals surface area contributed by atoms with E-state index in [4.69, 9.17) is 5.26 Å². The number of aryl methyl sites for hydroxylation is 1. The summed E-state index contributed by atoms with van der Waals surface area (Å²) in [6.45, 7) is 4.88. The van der Waals surface area contributed by atoms with Gasteiger partial charge in [-0.05, 0) is 24.5 Å². The fourth-order valence-electron chi connectivity index (χ4n) is 1.32. The van der Waals surface area contributed by atoms with E-state index in [-0.39, 0.29) is 6.04 Å². The molecule has 0 heterocycles. The van der Waals surface area contributed by atoms with Gasteiger partial charge in [0.15, 0.2) is 0 Å². The molecule has 2 nitrogen and oxygen atoms in total. The molecule has 2 heteroatoms. The molecule has 1 atom stereocenters. The topological polar surface area (TPSA) is 35.8 Å². The Bertz CT molecular complexity index is 325. The maximum Gasteiger partial charge on any atom is 0.0952 e. The molecule has 0 aromatic heterocycles. The van der Waals surface area contributed by atoms with Crippen molar-refractivity contribution in [3.05, 3.63) is 35.4 Å². The van der Waals surface area contributed by atoms with Gasteiger partial charge in [0.25, 0.3) is 0 Å². The number of nitriles is 1. The summed E-state index contributed by atoms with van der Waals surface area (Å²) >= 11 is 0. The molecule has 14 heavy (non-hydrogen) atoms. The minimum atomic E-state index is -0.0328. The van der Waals surface area contributed by atoms with Gasteiger partial charge in [-0.1, -0.05) is 31.2 Å². The van der Waals surface area contributed by atoms with E-state index < -0.39 is 0 Å². The van der Waals surface area contributed by atoms with E-state index in [1.54, 1.807) is 0 Å². The molecule has 0 aliphatic carbocycles. The highest BCUT2D eigenvalue weighted by Crippen LogP contribution is 2.06. The zero-order valence-electron chi connectivity index (χ0n) is 8.75. The van der Waals surface area contributed by atoms with Crippen molar-refractivity contribution in [2.24, 2.45) is 0 Å². The minimum Gasteiger partial charge on any atom is -0.298 e. The van der Waals surface area contributed by atoms with Crippen LogP contribution in [0.15, 0.2) is 24.3 Å². The monoisotopic (exact) mass is 188 g/mol. The van der Waals surface area contributed by atoms with Gasteiger partial charge in [0.2, 0.25) is 0 Å². The van der Waals surface area contributed by atoms with Crippen LogP contribution in [0.25, 0.3) is 0 Å². The van der Waals surface area contributed by atoms with Gasteiger partial charge in [-0.2, -0.15) is 5.26 Å². The second-order valence-corrected chi connectivity index (χ2v) is 3.40. The maximum atomic E-state index is 8.76. The van der Waals surface area contributed by atoms with E-state index in [9.17, 15) is 0 Å². The Kier molecular flexibility index (Phi) is 4.15. The molecule has 1 aromatic carbocycles. The third-order valence-corrected chi connectivity index (χ3v) is 2.36. The average Bonchev–Trinajstić information content (AvgIpc) is 2.22. The lowest BCUT2D eigenvalue weighted by Crippen LogP contribution is -2.26. The number of hydrogen-bond acceptors (Lipinski definition) is 2. The highest BCUT2D eigenvalue weighted by molar-refractivity contribution is 5.25. The van der Waals surface area contributed by atoms with Crippen LogP contribution in [-0.4, -0.2) is 6.04 Å². The molecule has 74 valence electrons. The summed E-state index contributed by atoms with van der Waals surface area (Å²) < 4.78 is 0. The van der Waals surface area contributed by atoms with Crippen LogP contribution in [0.3, 0.4) is 0 Å². The van der Waals surface area contributed by atoms with Crippen molar-refractivity contribution in [1.82, 2.24) is 5.32 Å². The predicted molar refractivity (Wildman–Crippen MR) is 57.7 cm³/mol. The Labute approximate surface area is 85.6 Å². The number of rotatable bonds is 4. The molecule has 1 unspecified atom stereocenters. The molecule has 0 saturated heterocycles. The SMILES string of the molecule is CCC(C#N)NCc1ccccc1C. The summed E-state index contributed by atoms with van der Waals surface area (Å²) in [5.74, 6) is 0. The molecule has 0 amide bonds. The van der Waals surface area contributed by atoms with E-state index in [0.29, 0.717) is 0 Å². The van der Waals surface area contributed by atoms with Gasteiger partial charge in [0.1, 0.15) is 0 Å². The largest absolute Gasteiger partial charge is 0.298 e. The van der Waals surface area contributed by atoms with Crippen LogP contribution in [0, 0.1) is 18.3 Å². The van der Waals surface area contributed by atoms with Gasteiger partial charge in [-0.15, -0.1) is 0 Å². The summed E-state index contributed by atoms with van der Waals surface area (Å²) in [6.07, 6.45) is 0.850. The molecule has 0 saturated carbocycles. The van der Waals surface area contributed by atoms with Gasteiger partial charge in [0.05, 0.1) is 12.1 Å². The first-order chi connectivity index (χ1) is 6.77. The van der Waals surface area contributed by atoms with Crippen molar-refractivity contribution in [2.75, 3.05) is 0 Å². The first-order valence-electron chi connectivity index (χ1n) is 4.95. The highest BCUT2D eigenvalue weighted by Gasteiger charge is 2.03. The van der Waals surface area contributed by atoms with Crippen molar-refractivity contribution in [3.8, 4) is 6.07 Å². The van der Waals surface area contributed by atoms with Crippen LogP contribution in [-0.2, 0) is 6.54 Å². The van der Waals surface area contributed by atoms with Crippen molar-refractivity contribution >= 4 is 0 Å². The Morgan fingerprint density at radius 1 is 1.43 bits per heavy atom. The van der Waals surface area contributed by atoms with Gasteiger partial charge in [-0.25, -0.2) is 0 Å². The summed E-state index contributed by atoms with van der Waals surface area (Å²) in [4.78, 5) is 0. The first kappa shape index (κ1) is 10.7. The maximum absolute atomic E-state index is 8.76. The minimum absolute atomic E-state index is 0.0328. The van der Waals surface area contributed by atoms with Crippen LogP contribution >= 0.6 is 0 Å². The van der Waals surface area contributed by atoms with Crippen LogP contribution < -0.4 is 5.32 Å². The predicted octanol–water partition coefficient (Wildman–Crippen LogP) is 2.39. The van der Waals surface area contributed by atoms with Crippen LogP contribution in [0.1, 0.15) is 24.5 Å². The molecule has 0 spiro atoms. The molecule has 1 N–H and O–H groups in total. The smallest absolute Gasteiger partial charge is 0.0952 e. The lowest BCUT2D eigenvalue weighted by atomic mass is 10.1. The molecule has 0 aliphatic rings. The van der Waals surface area contributed by atoms with E-state index >= 15 is 0 Å². The third kappa shape index (κ3) is 2.86. The Morgan fingerprint density at radius 3 is 2.71 bits per heavy atom. The number of nitrogens with zero attached hydrogens (tertiary/aromatic N) is 1. The zero-order chi connectivity index (χ0) is 10.4. The lowest BCUT2D eigenvalue weighted by molar-refractivity contribution is 0.586. The van der Waals surface area contributed by atoms with Crippen LogP contribution in [0.4, 0.5) is 0 Å². The number of benzene rings is 1. The first-order valence-corrected chi connectivity index (χ1v) is 4.95. The summed E-state index contributed by atoms with van der Waals surface area (Å²) in [6, 6.07) is 10.4. The number of hydrogen-bond donors (Lipinski definition) is 1. The van der Waals surface area contributed by atoms with Crippen molar-refractivity contribution in [2.45, 2.75) is 32.9 Å². The molecule has 0 fully saturated rings. The van der Waals surface area contributed by atoms with Gasteiger partial charge < -0.3 is 0 Å². The Hall–Kier alpha value is -1.33. The highest BCUT2D eigenvalue weighted by atomic mass is 14.9. The Morgan fingerprint density at radius 2 is 2.14 bits per heavy atom. The standard InChI is InChI=1S/C12H16N2/c1-3-12(8-13)14-9-11-7-5-4-6-10(11)2/h4-7,12,14H,3,9H2,1-2H3. The summed E-state index contributed by atoms with van der Waals surface area (Å²) in [5, 5.41) is 12.0. The van der Waals surface area contributed by atoms with Gasteiger partial charge >= 0.3 is 0 Å². The summed E-state index contributed by atoms with van der Waals surface area (Å²) in [7, 11) is 0. The average molecular weight is 188 g/mol. The molecule has 1 aromatic rings. The quantitative estimate of drug-likeness (QED) is 0.787. The second kappa shape index (κ2) is 5.41. The molecule has 0 bridgehead atoms. The van der Waals surface area contributed by atoms with Gasteiger partial charge in [-0.3, -0.25) is 5.32 Å². The Balaban J connectivity index is 2.54. The van der Waals surface area contributed by atoms with Crippen LogP contribution in [0.5, 0.6) is 0 Å². The number of nitrogens with one attached hydrogen (secondary N) is 1. The molecule has 0 aliphatic heterocycles. The lowest BCUT2D eigenvalue weighted by Gasteiger charge is -2.10. The summed E-state index contributed by atoms with van der Waals surface area (Å²) in [5.41, 5.74) is 2.54. The normalized spacial score (nSPS) is 12.1. The van der Waals surface area contributed by atoms with E-state index in [0.717, 1.165) is 13.0 Å².